The predicted molar refractivity (Wildman–Crippen MR) is 78.6 cm³/mol. The van der Waals surface area contributed by atoms with Crippen LogP contribution in [0.3, 0.4) is 0 Å². The van der Waals surface area contributed by atoms with Crippen molar-refractivity contribution in [3.8, 4) is 0 Å². The van der Waals surface area contributed by atoms with Gasteiger partial charge in [-0.1, -0.05) is 11.3 Å². The number of carbonyl (C=O) groups excluding carboxylic acids is 1. The zero-order valence-electron chi connectivity index (χ0n) is 11.3. The lowest BCUT2D eigenvalue weighted by molar-refractivity contribution is 0.0526. The summed E-state index contributed by atoms with van der Waals surface area (Å²) < 4.78 is 11.4. The summed E-state index contributed by atoms with van der Waals surface area (Å²) in [6.45, 7) is 5.39. The van der Waals surface area contributed by atoms with Gasteiger partial charge in [0.25, 0.3) is 0 Å². The predicted octanol–water partition coefficient (Wildman–Crippen LogP) is 2.31. The summed E-state index contributed by atoms with van der Waals surface area (Å²) in [6.07, 6.45) is 0. The topological polar surface area (TPSA) is 51.7 Å². The van der Waals surface area contributed by atoms with Gasteiger partial charge >= 0.3 is 5.97 Å². The van der Waals surface area contributed by atoms with E-state index >= 15 is 0 Å². The Morgan fingerprint density at radius 3 is 3.00 bits per heavy atom. The van der Waals surface area contributed by atoms with Crippen molar-refractivity contribution < 1.29 is 14.3 Å². The molecule has 20 heavy (non-hydrogen) atoms. The van der Waals surface area contributed by atoms with E-state index in [2.05, 4.69) is 9.88 Å². The number of hydrogen-bond donors (Lipinski definition) is 0. The van der Waals surface area contributed by atoms with Crippen LogP contribution >= 0.6 is 11.3 Å². The molecule has 0 bridgehead atoms. The lowest BCUT2D eigenvalue weighted by Crippen LogP contribution is -2.36. The number of aromatic nitrogens is 1. The van der Waals surface area contributed by atoms with Crippen LogP contribution in [-0.4, -0.2) is 43.9 Å². The van der Waals surface area contributed by atoms with Crippen molar-refractivity contribution >= 4 is 32.7 Å². The van der Waals surface area contributed by atoms with E-state index in [1.165, 1.54) is 0 Å². The highest BCUT2D eigenvalue weighted by Crippen LogP contribution is 2.29. The van der Waals surface area contributed by atoms with Crippen molar-refractivity contribution in [2.24, 2.45) is 0 Å². The minimum atomic E-state index is -0.296. The fourth-order valence-corrected chi connectivity index (χ4v) is 3.14. The summed E-state index contributed by atoms with van der Waals surface area (Å²) in [5, 5.41) is 0.990. The molecule has 0 atom stereocenters. The fourth-order valence-electron chi connectivity index (χ4n) is 2.15. The third kappa shape index (κ3) is 2.62. The first-order valence-corrected chi connectivity index (χ1v) is 7.50. The average Bonchev–Trinajstić information content (AvgIpc) is 2.91. The number of benzene rings is 1. The highest BCUT2D eigenvalue weighted by Gasteiger charge is 2.16. The Labute approximate surface area is 121 Å². The molecule has 1 aliphatic rings. The zero-order chi connectivity index (χ0) is 13.9. The lowest BCUT2D eigenvalue weighted by Gasteiger charge is -2.25. The number of hydrogen-bond acceptors (Lipinski definition) is 6. The summed E-state index contributed by atoms with van der Waals surface area (Å²) in [4.78, 5) is 18.6. The third-order valence-corrected chi connectivity index (χ3v) is 4.27. The molecule has 0 unspecified atom stereocenters. The van der Waals surface area contributed by atoms with E-state index in [0.29, 0.717) is 12.2 Å². The SMILES string of the molecule is CCOC(=O)c1ccc2sc(N3CCOCC3)nc2c1. The molecule has 0 radical (unpaired) electrons. The highest BCUT2D eigenvalue weighted by atomic mass is 32.1. The molecule has 6 heteroatoms. The summed E-state index contributed by atoms with van der Waals surface area (Å²) in [7, 11) is 0. The van der Waals surface area contributed by atoms with Gasteiger partial charge in [-0.25, -0.2) is 9.78 Å². The number of anilines is 1. The van der Waals surface area contributed by atoms with Crippen LogP contribution in [0.15, 0.2) is 18.2 Å². The summed E-state index contributed by atoms with van der Waals surface area (Å²) in [5.74, 6) is -0.296. The maximum atomic E-state index is 11.7. The molecule has 106 valence electrons. The fraction of sp³-hybridized carbons (Fsp3) is 0.429. The second-order valence-corrected chi connectivity index (χ2v) is 5.51. The van der Waals surface area contributed by atoms with Gasteiger partial charge < -0.3 is 14.4 Å². The van der Waals surface area contributed by atoms with Crippen LogP contribution in [0.2, 0.25) is 0 Å². The molecule has 2 heterocycles. The number of morpholine rings is 1. The van der Waals surface area contributed by atoms with Gasteiger partial charge in [-0.3, -0.25) is 0 Å². The van der Waals surface area contributed by atoms with Gasteiger partial charge in [0.2, 0.25) is 0 Å². The maximum absolute atomic E-state index is 11.7. The van der Waals surface area contributed by atoms with E-state index in [1.54, 1.807) is 30.4 Å². The molecule has 1 aliphatic heterocycles. The van der Waals surface area contributed by atoms with Gasteiger partial charge in [0.1, 0.15) is 0 Å². The Hall–Kier alpha value is -1.66. The molecule has 1 saturated heterocycles. The quantitative estimate of drug-likeness (QED) is 0.813. The third-order valence-electron chi connectivity index (χ3n) is 3.17. The van der Waals surface area contributed by atoms with Crippen molar-refractivity contribution in [3.05, 3.63) is 23.8 Å². The first-order chi connectivity index (χ1) is 9.78. The number of carbonyl (C=O) groups is 1. The molecule has 0 N–H and O–H groups in total. The molecule has 0 spiro atoms. The Bertz CT molecular complexity index is 620. The van der Waals surface area contributed by atoms with Crippen molar-refractivity contribution in [3.63, 3.8) is 0 Å². The van der Waals surface area contributed by atoms with E-state index in [9.17, 15) is 4.79 Å². The minimum Gasteiger partial charge on any atom is -0.462 e. The lowest BCUT2D eigenvalue weighted by atomic mass is 10.2. The number of rotatable bonds is 3. The van der Waals surface area contributed by atoms with E-state index < -0.39 is 0 Å². The minimum absolute atomic E-state index is 0.296. The second kappa shape index (κ2) is 5.76. The standard InChI is InChI=1S/C14H16N2O3S/c1-2-19-13(17)10-3-4-12-11(9-10)15-14(20-12)16-5-7-18-8-6-16/h3-4,9H,2,5-8H2,1H3. The number of nitrogens with zero attached hydrogens (tertiary/aromatic N) is 2. The smallest absolute Gasteiger partial charge is 0.338 e. The van der Waals surface area contributed by atoms with Crippen molar-refractivity contribution in [2.75, 3.05) is 37.8 Å². The number of esters is 1. The van der Waals surface area contributed by atoms with E-state index in [-0.39, 0.29) is 5.97 Å². The molecule has 0 aliphatic carbocycles. The van der Waals surface area contributed by atoms with Gasteiger partial charge in [-0.2, -0.15) is 0 Å². The monoisotopic (exact) mass is 292 g/mol. The van der Waals surface area contributed by atoms with Crippen molar-refractivity contribution in [1.29, 1.82) is 0 Å². The van der Waals surface area contributed by atoms with Crippen LogP contribution in [0.25, 0.3) is 10.2 Å². The van der Waals surface area contributed by atoms with Gasteiger partial charge in [0.15, 0.2) is 5.13 Å². The summed E-state index contributed by atoms with van der Waals surface area (Å²) in [5.41, 5.74) is 1.40. The Morgan fingerprint density at radius 1 is 1.45 bits per heavy atom. The molecule has 2 aromatic rings. The zero-order valence-corrected chi connectivity index (χ0v) is 12.1. The maximum Gasteiger partial charge on any atom is 0.338 e. The number of thiazole rings is 1. The first kappa shape index (κ1) is 13.3. The normalized spacial score (nSPS) is 15.6. The number of ether oxygens (including phenoxy) is 2. The van der Waals surface area contributed by atoms with E-state index in [0.717, 1.165) is 41.7 Å². The van der Waals surface area contributed by atoms with Gasteiger partial charge in [0, 0.05) is 13.1 Å². The number of fused-ring (bicyclic) bond motifs is 1. The Balaban J connectivity index is 1.88. The van der Waals surface area contributed by atoms with E-state index in [4.69, 9.17) is 9.47 Å². The molecule has 0 amide bonds. The van der Waals surface area contributed by atoms with Crippen LogP contribution in [0.4, 0.5) is 5.13 Å². The first-order valence-electron chi connectivity index (χ1n) is 6.68. The highest BCUT2D eigenvalue weighted by molar-refractivity contribution is 7.22. The van der Waals surface area contributed by atoms with Crippen LogP contribution in [0, 0.1) is 0 Å². The van der Waals surface area contributed by atoms with Crippen molar-refractivity contribution in [1.82, 2.24) is 4.98 Å². The van der Waals surface area contributed by atoms with Crippen LogP contribution in [0.5, 0.6) is 0 Å². The largest absolute Gasteiger partial charge is 0.462 e. The molecule has 1 fully saturated rings. The molecule has 0 saturated carbocycles. The van der Waals surface area contributed by atoms with Gasteiger partial charge in [-0.15, -0.1) is 0 Å². The Morgan fingerprint density at radius 2 is 2.25 bits per heavy atom. The van der Waals surface area contributed by atoms with Crippen molar-refractivity contribution in [2.45, 2.75) is 6.92 Å². The molecule has 1 aromatic heterocycles. The molecule has 3 rings (SSSR count). The molecular weight excluding hydrogens is 276 g/mol. The van der Waals surface area contributed by atoms with Crippen LogP contribution in [0.1, 0.15) is 17.3 Å². The average molecular weight is 292 g/mol. The molecule has 5 nitrogen and oxygen atoms in total. The molecule has 1 aromatic carbocycles. The summed E-state index contributed by atoms with van der Waals surface area (Å²) in [6, 6.07) is 5.53. The van der Waals surface area contributed by atoms with Gasteiger partial charge in [0.05, 0.1) is 35.6 Å². The van der Waals surface area contributed by atoms with Gasteiger partial charge in [-0.05, 0) is 25.1 Å². The molecular formula is C14H16N2O3S. The van der Waals surface area contributed by atoms with Crippen LogP contribution in [-0.2, 0) is 9.47 Å². The Kier molecular flexibility index (Phi) is 3.84. The van der Waals surface area contributed by atoms with Crippen LogP contribution < -0.4 is 4.90 Å². The second-order valence-electron chi connectivity index (χ2n) is 4.50. The van der Waals surface area contributed by atoms with E-state index in [1.807, 2.05) is 6.07 Å². The summed E-state index contributed by atoms with van der Waals surface area (Å²) >= 11 is 1.64.